The first-order chi connectivity index (χ1) is 16.9. The van der Waals surface area contributed by atoms with Crippen LogP contribution in [0.3, 0.4) is 0 Å². The first-order valence-electron chi connectivity index (χ1n) is 12.0. The average Bonchev–Trinajstić information content (AvgIpc) is 3.22. The number of nitriles is 1. The predicted octanol–water partition coefficient (Wildman–Crippen LogP) is 6.53. The normalized spacial score (nSPS) is 18.9. The molecule has 0 radical (unpaired) electrons. The number of hydrogen-bond acceptors (Lipinski definition) is 5. The molecule has 1 atom stereocenters. The second kappa shape index (κ2) is 9.71. The van der Waals surface area contributed by atoms with Gasteiger partial charge >= 0.3 is 0 Å². The Hall–Kier alpha value is -3.37. The van der Waals surface area contributed by atoms with Crippen LogP contribution in [0.4, 0.5) is 4.39 Å². The monoisotopic (exact) mass is 488 g/mol. The van der Waals surface area contributed by atoms with Crippen molar-refractivity contribution in [3.8, 4) is 17.3 Å². The van der Waals surface area contributed by atoms with Gasteiger partial charge in [-0.25, -0.2) is 14.4 Å². The molecule has 0 spiro atoms. The molecule has 1 saturated carbocycles. The lowest BCUT2D eigenvalue weighted by Crippen LogP contribution is -2.20. The van der Waals surface area contributed by atoms with E-state index in [9.17, 15) is 9.65 Å². The van der Waals surface area contributed by atoms with Crippen LogP contribution in [0.15, 0.2) is 42.9 Å². The van der Waals surface area contributed by atoms with Crippen LogP contribution in [0, 0.1) is 29.0 Å². The molecular weight excluding hydrogens is 463 g/mol. The molecule has 0 aliphatic heterocycles. The van der Waals surface area contributed by atoms with Crippen LogP contribution >= 0.6 is 11.6 Å². The average molecular weight is 489 g/mol. The van der Waals surface area contributed by atoms with Gasteiger partial charge in [0.05, 0.1) is 33.4 Å². The van der Waals surface area contributed by atoms with Crippen molar-refractivity contribution in [1.29, 1.82) is 5.26 Å². The number of fused-ring (bicyclic) bond motifs is 1. The summed E-state index contributed by atoms with van der Waals surface area (Å²) < 4.78 is 16.9. The van der Waals surface area contributed by atoms with E-state index in [1.807, 2.05) is 6.92 Å². The standard InChI is InChI=1S/C27H26ClFN6/c1-16-5-7-18(8-6-16)15-35-26-23(34-27(35)17(2)24-22(29)4-3-9-32-24)11-21(12-30)33-25(26)19-10-20(28)14-31-13-19/h3-4,9-11,13-14,16-18H,5-8,15H2,1-2H3. The summed E-state index contributed by atoms with van der Waals surface area (Å²) >= 11 is 6.25. The third-order valence-corrected chi connectivity index (χ3v) is 7.21. The van der Waals surface area contributed by atoms with Gasteiger partial charge < -0.3 is 4.57 Å². The van der Waals surface area contributed by atoms with Gasteiger partial charge in [0, 0.05) is 36.8 Å². The fourth-order valence-electron chi connectivity index (χ4n) is 5.10. The van der Waals surface area contributed by atoms with Crippen molar-refractivity contribution >= 4 is 22.6 Å². The van der Waals surface area contributed by atoms with E-state index < -0.39 is 0 Å². The number of nitrogens with zero attached hydrogens (tertiary/aromatic N) is 6. The van der Waals surface area contributed by atoms with E-state index in [-0.39, 0.29) is 17.4 Å². The molecule has 178 valence electrons. The number of hydrogen-bond donors (Lipinski definition) is 0. The van der Waals surface area contributed by atoms with Crippen molar-refractivity contribution in [2.24, 2.45) is 11.8 Å². The molecule has 5 rings (SSSR count). The zero-order chi connectivity index (χ0) is 24.5. The van der Waals surface area contributed by atoms with E-state index in [4.69, 9.17) is 16.6 Å². The third kappa shape index (κ3) is 4.63. The fourth-order valence-corrected chi connectivity index (χ4v) is 5.27. The Morgan fingerprint density at radius 3 is 2.71 bits per heavy atom. The quantitative estimate of drug-likeness (QED) is 0.319. The molecule has 0 amide bonds. The van der Waals surface area contributed by atoms with Crippen molar-refractivity contribution in [3.63, 3.8) is 0 Å². The Balaban J connectivity index is 1.73. The maximum absolute atomic E-state index is 14.7. The SMILES string of the molecule is CC1CCC(Cn2c(C(C)c3ncccc3F)nc3cc(C#N)nc(-c4cncc(Cl)c4)c32)CC1. The fraction of sp³-hybridized carbons (Fsp3) is 0.370. The minimum absolute atomic E-state index is 0.256. The van der Waals surface area contributed by atoms with Crippen LogP contribution in [0.1, 0.15) is 62.7 Å². The summed E-state index contributed by atoms with van der Waals surface area (Å²) in [5, 5.41) is 10.1. The van der Waals surface area contributed by atoms with E-state index in [0.717, 1.165) is 30.8 Å². The second-order valence-corrected chi connectivity index (χ2v) is 9.96. The second-order valence-electron chi connectivity index (χ2n) is 9.53. The molecule has 8 heteroatoms. The Morgan fingerprint density at radius 2 is 2.00 bits per heavy atom. The van der Waals surface area contributed by atoms with Gasteiger partial charge in [-0.05, 0) is 49.8 Å². The Bertz CT molecular complexity index is 1420. The lowest BCUT2D eigenvalue weighted by molar-refractivity contribution is 0.264. The maximum atomic E-state index is 14.7. The van der Waals surface area contributed by atoms with E-state index in [0.29, 0.717) is 39.2 Å². The summed E-state index contributed by atoms with van der Waals surface area (Å²) in [7, 11) is 0. The largest absolute Gasteiger partial charge is 0.325 e. The van der Waals surface area contributed by atoms with E-state index in [2.05, 4.69) is 32.5 Å². The van der Waals surface area contributed by atoms with Gasteiger partial charge in [-0.1, -0.05) is 31.4 Å². The van der Waals surface area contributed by atoms with E-state index in [1.54, 1.807) is 36.8 Å². The Kier molecular flexibility index (Phi) is 6.48. The minimum atomic E-state index is -0.387. The van der Waals surface area contributed by atoms with Gasteiger partial charge in [-0.3, -0.25) is 9.97 Å². The topological polar surface area (TPSA) is 80.3 Å². The molecule has 1 aliphatic rings. The van der Waals surface area contributed by atoms with Crippen molar-refractivity contribution < 1.29 is 4.39 Å². The lowest BCUT2D eigenvalue weighted by atomic mass is 9.83. The molecule has 35 heavy (non-hydrogen) atoms. The Morgan fingerprint density at radius 1 is 1.20 bits per heavy atom. The minimum Gasteiger partial charge on any atom is -0.325 e. The number of imidazole rings is 1. The van der Waals surface area contributed by atoms with Crippen molar-refractivity contribution in [3.05, 3.63) is 70.9 Å². The van der Waals surface area contributed by atoms with E-state index in [1.165, 1.54) is 18.9 Å². The highest BCUT2D eigenvalue weighted by Gasteiger charge is 2.27. The van der Waals surface area contributed by atoms with Crippen LogP contribution < -0.4 is 0 Å². The van der Waals surface area contributed by atoms with Gasteiger partial charge in [-0.2, -0.15) is 5.26 Å². The molecule has 4 aromatic heterocycles. The lowest BCUT2D eigenvalue weighted by Gasteiger charge is -2.28. The molecule has 4 aromatic rings. The maximum Gasteiger partial charge on any atom is 0.145 e. The number of halogens is 2. The van der Waals surface area contributed by atoms with E-state index >= 15 is 0 Å². The van der Waals surface area contributed by atoms with Crippen LogP contribution in [0.2, 0.25) is 5.02 Å². The third-order valence-electron chi connectivity index (χ3n) is 7.01. The first-order valence-corrected chi connectivity index (χ1v) is 12.3. The highest BCUT2D eigenvalue weighted by Crippen LogP contribution is 2.36. The summed E-state index contributed by atoms with van der Waals surface area (Å²) in [5.74, 6) is 1.18. The zero-order valence-corrected chi connectivity index (χ0v) is 20.5. The van der Waals surface area contributed by atoms with Crippen molar-refractivity contribution in [1.82, 2.24) is 24.5 Å². The van der Waals surface area contributed by atoms with Crippen molar-refractivity contribution in [2.45, 2.75) is 52.0 Å². The summed E-state index contributed by atoms with van der Waals surface area (Å²) in [6, 6.07) is 8.64. The molecule has 0 aromatic carbocycles. The number of rotatable bonds is 5. The Labute approximate surface area is 208 Å². The first kappa shape index (κ1) is 23.4. The van der Waals surface area contributed by atoms with Crippen LogP contribution in [0.25, 0.3) is 22.3 Å². The molecule has 1 aliphatic carbocycles. The molecule has 0 saturated heterocycles. The number of pyridine rings is 3. The van der Waals surface area contributed by atoms with Crippen LogP contribution in [0.5, 0.6) is 0 Å². The molecule has 0 bridgehead atoms. The highest BCUT2D eigenvalue weighted by atomic mass is 35.5. The molecule has 1 fully saturated rings. The van der Waals surface area contributed by atoms with Gasteiger partial charge in [0.25, 0.3) is 0 Å². The molecule has 4 heterocycles. The summed E-state index contributed by atoms with van der Waals surface area (Å²) in [6.07, 6.45) is 9.50. The summed E-state index contributed by atoms with van der Waals surface area (Å²) in [4.78, 5) is 18.1. The highest BCUT2D eigenvalue weighted by molar-refractivity contribution is 6.30. The molecule has 1 unspecified atom stereocenters. The predicted molar refractivity (Wildman–Crippen MR) is 133 cm³/mol. The smallest absolute Gasteiger partial charge is 0.145 e. The van der Waals surface area contributed by atoms with Gasteiger partial charge in [0.1, 0.15) is 23.4 Å². The summed E-state index contributed by atoms with van der Waals surface area (Å²) in [6.45, 7) is 4.97. The van der Waals surface area contributed by atoms with Gasteiger partial charge in [-0.15, -0.1) is 0 Å². The number of aromatic nitrogens is 5. The molecule has 6 nitrogen and oxygen atoms in total. The molecule has 0 N–H and O–H groups in total. The van der Waals surface area contributed by atoms with Gasteiger partial charge in [0.2, 0.25) is 0 Å². The van der Waals surface area contributed by atoms with Gasteiger partial charge in [0.15, 0.2) is 0 Å². The summed E-state index contributed by atoms with van der Waals surface area (Å²) in [5.41, 5.74) is 3.37. The van der Waals surface area contributed by atoms with Crippen LogP contribution in [-0.4, -0.2) is 24.5 Å². The zero-order valence-electron chi connectivity index (χ0n) is 19.7. The van der Waals surface area contributed by atoms with Crippen molar-refractivity contribution in [2.75, 3.05) is 0 Å². The molecular formula is C27H26ClFN6. The van der Waals surface area contributed by atoms with Crippen LogP contribution in [-0.2, 0) is 6.54 Å².